The summed E-state index contributed by atoms with van der Waals surface area (Å²) in [6.45, 7) is 0. The Hall–Kier alpha value is -1.26. The third-order valence-electron chi connectivity index (χ3n) is 2.25. The van der Waals surface area contributed by atoms with Gasteiger partial charge in [0.05, 0.1) is 16.5 Å². The second kappa shape index (κ2) is 5.38. The van der Waals surface area contributed by atoms with Crippen LogP contribution in [-0.4, -0.2) is 10.8 Å². The zero-order valence-corrected chi connectivity index (χ0v) is 10.4. The van der Waals surface area contributed by atoms with Crippen molar-refractivity contribution < 1.29 is 9.18 Å². The summed E-state index contributed by atoms with van der Waals surface area (Å²) in [4.78, 5) is 15.7. The van der Waals surface area contributed by atoms with E-state index in [9.17, 15) is 9.18 Å². The van der Waals surface area contributed by atoms with E-state index < -0.39 is 5.82 Å². The molecule has 0 spiro atoms. The van der Waals surface area contributed by atoms with Crippen molar-refractivity contribution in [3.8, 4) is 0 Å². The van der Waals surface area contributed by atoms with E-state index in [0.29, 0.717) is 5.56 Å². The van der Waals surface area contributed by atoms with Gasteiger partial charge in [-0.1, -0.05) is 23.7 Å². The lowest BCUT2D eigenvalue weighted by Gasteiger charge is -2.03. The highest BCUT2D eigenvalue weighted by Gasteiger charge is 2.12. The highest BCUT2D eigenvalue weighted by atomic mass is 35.5. The number of ketones is 1. The molecule has 0 aliphatic carbocycles. The number of carbonyl (C=O) groups is 1. The Balaban J connectivity index is 2.06. The molecule has 1 heterocycles. The highest BCUT2D eigenvalue weighted by molar-refractivity contribution is 7.09. The summed E-state index contributed by atoms with van der Waals surface area (Å²) >= 11 is 7.06. The zero-order chi connectivity index (χ0) is 12.3. The summed E-state index contributed by atoms with van der Waals surface area (Å²) in [5.74, 6) is -0.581. The fourth-order valence-corrected chi connectivity index (χ4v) is 2.31. The van der Waals surface area contributed by atoms with Crippen LogP contribution in [0.1, 0.15) is 10.6 Å². The molecule has 17 heavy (non-hydrogen) atoms. The SMILES string of the molecule is O=C(Cc1nccs1)Cc1cccc(Cl)c1F. The predicted octanol–water partition coefficient (Wildman–Crippen LogP) is 3.29. The van der Waals surface area contributed by atoms with Gasteiger partial charge in [-0.15, -0.1) is 11.3 Å². The summed E-state index contributed by atoms with van der Waals surface area (Å²) in [7, 11) is 0. The first-order valence-corrected chi connectivity index (χ1v) is 6.25. The number of aromatic nitrogens is 1. The summed E-state index contributed by atoms with van der Waals surface area (Å²) in [6.07, 6.45) is 1.93. The Labute approximate surface area is 107 Å². The minimum atomic E-state index is -0.512. The molecule has 2 nitrogen and oxygen atoms in total. The number of nitrogens with zero attached hydrogens (tertiary/aromatic N) is 1. The molecule has 0 aliphatic rings. The number of Topliss-reactive ketones (excluding diaryl/α,β-unsaturated/α-hetero) is 1. The van der Waals surface area contributed by atoms with Crippen LogP contribution in [-0.2, 0) is 17.6 Å². The van der Waals surface area contributed by atoms with Crippen molar-refractivity contribution in [2.45, 2.75) is 12.8 Å². The largest absolute Gasteiger partial charge is 0.299 e. The summed E-state index contributed by atoms with van der Waals surface area (Å²) in [5.41, 5.74) is 0.332. The van der Waals surface area contributed by atoms with E-state index in [1.165, 1.54) is 17.4 Å². The lowest BCUT2D eigenvalue weighted by Crippen LogP contribution is -2.07. The highest BCUT2D eigenvalue weighted by Crippen LogP contribution is 2.19. The van der Waals surface area contributed by atoms with Crippen LogP contribution < -0.4 is 0 Å². The number of hydrogen-bond acceptors (Lipinski definition) is 3. The van der Waals surface area contributed by atoms with Crippen molar-refractivity contribution in [2.24, 2.45) is 0 Å². The quantitative estimate of drug-likeness (QED) is 0.852. The normalized spacial score (nSPS) is 10.5. The smallest absolute Gasteiger partial charge is 0.145 e. The number of hydrogen-bond donors (Lipinski definition) is 0. The average molecular weight is 270 g/mol. The van der Waals surface area contributed by atoms with Gasteiger partial charge < -0.3 is 0 Å². The Morgan fingerprint density at radius 3 is 2.94 bits per heavy atom. The van der Waals surface area contributed by atoms with Crippen LogP contribution in [0.3, 0.4) is 0 Å². The molecule has 0 saturated heterocycles. The summed E-state index contributed by atoms with van der Waals surface area (Å²) in [5, 5.41) is 2.60. The fraction of sp³-hybridized carbons (Fsp3) is 0.167. The van der Waals surface area contributed by atoms with Crippen LogP contribution in [0.25, 0.3) is 0 Å². The maximum atomic E-state index is 13.5. The Morgan fingerprint density at radius 1 is 1.41 bits per heavy atom. The van der Waals surface area contributed by atoms with Gasteiger partial charge in [-0.3, -0.25) is 4.79 Å². The molecule has 2 rings (SSSR count). The molecule has 5 heteroatoms. The van der Waals surface area contributed by atoms with Crippen molar-refractivity contribution >= 4 is 28.7 Å². The lowest BCUT2D eigenvalue weighted by atomic mass is 10.1. The topological polar surface area (TPSA) is 30.0 Å². The predicted molar refractivity (Wildman–Crippen MR) is 65.9 cm³/mol. The Bertz CT molecular complexity index is 527. The molecular formula is C12H9ClFNOS. The maximum absolute atomic E-state index is 13.5. The van der Waals surface area contributed by atoms with Gasteiger partial charge in [0.1, 0.15) is 11.6 Å². The maximum Gasteiger partial charge on any atom is 0.145 e. The molecule has 2 aromatic rings. The first-order chi connectivity index (χ1) is 8.16. The fourth-order valence-electron chi connectivity index (χ4n) is 1.47. The molecule has 0 aliphatic heterocycles. The average Bonchev–Trinajstić information content (AvgIpc) is 2.77. The van der Waals surface area contributed by atoms with E-state index in [1.807, 2.05) is 5.38 Å². The number of halogens is 2. The van der Waals surface area contributed by atoms with Crippen LogP contribution in [0, 0.1) is 5.82 Å². The van der Waals surface area contributed by atoms with Crippen molar-refractivity contribution in [1.29, 1.82) is 0 Å². The molecule has 0 unspecified atom stereocenters. The van der Waals surface area contributed by atoms with Crippen LogP contribution in [0.4, 0.5) is 4.39 Å². The van der Waals surface area contributed by atoms with Gasteiger partial charge in [0.15, 0.2) is 0 Å². The Morgan fingerprint density at radius 2 is 2.24 bits per heavy atom. The van der Waals surface area contributed by atoms with Crippen LogP contribution >= 0.6 is 22.9 Å². The molecule has 1 aromatic heterocycles. The van der Waals surface area contributed by atoms with Gasteiger partial charge in [0.25, 0.3) is 0 Å². The molecule has 0 saturated carbocycles. The molecule has 0 fully saturated rings. The molecule has 0 amide bonds. The number of rotatable bonds is 4. The van der Waals surface area contributed by atoms with Crippen molar-refractivity contribution in [3.05, 3.63) is 51.2 Å². The molecule has 1 aromatic carbocycles. The molecule has 0 radical (unpaired) electrons. The summed E-state index contributed by atoms with van der Waals surface area (Å²) < 4.78 is 13.5. The van der Waals surface area contributed by atoms with Gasteiger partial charge in [-0.2, -0.15) is 0 Å². The van der Waals surface area contributed by atoms with E-state index in [0.717, 1.165) is 5.01 Å². The van der Waals surface area contributed by atoms with Gasteiger partial charge in [0, 0.05) is 18.0 Å². The van der Waals surface area contributed by atoms with E-state index in [1.54, 1.807) is 18.3 Å². The lowest BCUT2D eigenvalue weighted by molar-refractivity contribution is -0.117. The third-order valence-corrected chi connectivity index (χ3v) is 3.32. The van der Waals surface area contributed by atoms with Crippen LogP contribution in [0.2, 0.25) is 5.02 Å². The standard InChI is InChI=1S/C12H9ClFNOS/c13-10-3-1-2-8(12(10)14)6-9(16)7-11-15-4-5-17-11/h1-5H,6-7H2. The van der Waals surface area contributed by atoms with E-state index in [-0.39, 0.29) is 23.6 Å². The molecular weight excluding hydrogens is 261 g/mol. The Kier molecular flexibility index (Phi) is 3.86. The third kappa shape index (κ3) is 3.11. The second-order valence-electron chi connectivity index (χ2n) is 3.53. The molecule has 0 atom stereocenters. The molecule has 0 bridgehead atoms. The van der Waals surface area contributed by atoms with Gasteiger partial charge in [-0.05, 0) is 11.6 Å². The van der Waals surface area contributed by atoms with Crippen molar-refractivity contribution in [3.63, 3.8) is 0 Å². The number of benzene rings is 1. The van der Waals surface area contributed by atoms with Gasteiger partial charge in [-0.25, -0.2) is 9.37 Å². The second-order valence-corrected chi connectivity index (χ2v) is 4.92. The molecule has 0 N–H and O–H groups in total. The molecule has 88 valence electrons. The monoisotopic (exact) mass is 269 g/mol. The van der Waals surface area contributed by atoms with E-state index in [2.05, 4.69) is 4.98 Å². The van der Waals surface area contributed by atoms with Gasteiger partial charge in [0.2, 0.25) is 0 Å². The zero-order valence-electron chi connectivity index (χ0n) is 8.82. The first-order valence-electron chi connectivity index (χ1n) is 5.00. The summed E-state index contributed by atoms with van der Waals surface area (Å²) in [6, 6.07) is 4.67. The van der Waals surface area contributed by atoms with E-state index in [4.69, 9.17) is 11.6 Å². The van der Waals surface area contributed by atoms with Crippen molar-refractivity contribution in [2.75, 3.05) is 0 Å². The van der Waals surface area contributed by atoms with Crippen molar-refractivity contribution in [1.82, 2.24) is 4.98 Å². The number of carbonyl (C=O) groups excluding carboxylic acids is 1. The minimum Gasteiger partial charge on any atom is -0.299 e. The van der Waals surface area contributed by atoms with Crippen LogP contribution in [0.5, 0.6) is 0 Å². The van der Waals surface area contributed by atoms with Gasteiger partial charge >= 0.3 is 0 Å². The van der Waals surface area contributed by atoms with Crippen LogP contribution in [0.15, 0.2) is 29.8 Å². The number of thiazole rings is 1. The van der Waals surface area contributed by atoms with E-state index >= 15 is 0 Å². The minimum absolute atomic E-state index is 0.0459. The first kappa shape index (κ1) is 12.2.